The second-order valence-electron chi connectivity index (χ2n) is 4.34. The Kier molecular flexibility index (Phi) is 5.53. The molecule has 0 heterocycles. The summed E-state index contributed by atoms with van der Waals surface area (Å²) in [5, 5.41) is 0.777. The van der Waals surface area contributed by atoms with Crippen LogP contribution in [0.15, 0.2) is 0 Å². The number of rotatable bonds is 3. The molecule has 0 saturated heterocycles. The van der Waals surface area contributed by atoms with Gasteiger partial charge in [-0.05, 0) is 27.2 Å². The van der Waals surface area contributed by atoms with Gasteiger partial charge in [-0.15, -0.1) is 0 Å². The lowest BCUT2D eigenvalue weighted by atomic mass is 10.3. The van der Waals surface area contributed by atoms with Crippen molar-refractivity contribution in [3.63, 3.8) is 0 Å². The van der Waals surface area contributed by atoms with Crippen LogP contribution in [0.25, 0.3) is 0 Å². The molecule has 0 aliphatic rings. The van der Waals surface area contributed by atoms with Gasteiger partial charge in [0.15, 0.2) is 0 Å². The maximum atomic E-state index is 6.11. The minimum atomic E-state index is -2.14. The summed E-state index contributed by atoms with van der Waals surface area (Å²) < 4.78 is 7.91. The predicted molar refractivity (Wildman–Crippen MR) is 83.3 cm³/mol. The van der Waals surface area contributed by atoms with E-state index in [9.17, 15) is 0 Å². The molecule has 0 N–H and O–H groups in total. The summed E-state index contributed by atoms with van der Waals surface area (Å²) in [6.45, 7) is 3.99. The summed E-state index contributed by atoms with van der Waals surface area (Å²) >= 11 is 30.1. The molecule has 0 aliphatic carbocycles. The third-order valence-electron chi connectivity index (χ3n) is 2.60. The van der Waals surface area contributed by atoms with E-state index in [0.717, 1.165) is 0 Å². The van der Waals surface area contributed by atoms with Crippen molar-refractivity contribution >= 4 is 66.5 Å². The van der Waals surface area contributed by atoms with Crippen molar-refractivity contribution in [2.24, 2.45) is 0 Å². The minimum Gasteiger partial charge on any atom is -0.527 e. The van der Waals surface area contributed by atoms with Crippen molar-refractivity contribution < 1.29 is 4.43 Å². The van der Waals surface area contributed by atoms with Crippen LogP contribution in [0.3, 0.4) is 0 Å². The van der Waals surface area contributed by atoms with Crippen LogP contribution in [-0.2, 0) is 0 Å². The molecule has 0 aliphatic heterocycles. The van der Waals surface area contributed by atoms with Crippen LogP contribution in [0.1, 0.15) is 0 Å². The lowest BCUT2D eigenvalue weighted by molar-refractivity contribution is 0.444. The molecule has 0 fully saturated rings. The van der Waals surface area contributed by atoms with Crippen LogP contribution in [-0.4, -0.2) is 27.1 Å². The van der Waals surface area contributed by atoms with Gasteiger partial charge in [-0.25, -0.2) is 0 Å². The van der Waals surface area contributed by atoms with Crippen LogP contribution >= 0.6 is 58.0 Å². The Hall–Kier alpha value is 0.647. The first kappa shape index (κ1) is 16.7. The number of hydrogen-bond acceptors (Lipinski definition) is 2. The summed E-state index contributed by atoms with van der Waals surface area (Å²) in [5.74, 6) is 0.281. The number of nitrogens with zero attached hydrogens (tertiary/aromatic N) is 1. The van der Waals surface area contributed by atoms with Gasteiger partial charge < -0.3 is 4.43 Å². The van der Waals surface area contributed by atoms with Crippen LogP contribution < -0.4 is 4.43 Å². The fourth-order valence-electron chi connectivity index (χ4n) is 1.02. The molecule has 8 heteroatoms. The largest absolute Gasteiger partial charge is 0.527 e. The van der Waals surface area contributed by atoms with Crippen LogP contribution in [0.4, 0.5) is 0 Å². The third kappa shape index (κ3) is 3.21. The highest BCUT2D eigenvalue weighted by molar-refractivity contribution is 6.69. The van der Waals surface area contributed by atoms with E-state index in [1.165, 1.54) is 0 Å². The maximum absolute atomic E-state index is 6.11. The number of benzene rings is 1. The van der Waals surface area contributed by atoms with E-state index in [4.69, 9.17) is 62.4 Å². The van der Waals surface area contributed by atoms with Gasteiger partial charge in [0, 0.05) is 0 Å². The zero-order chi connectivity index (χ0) is 14.2. The minimum absolute atomic E-state index is 0.130. The molecular formula is C10H12Cl5NOSi. The normalized spacial score (nSPS) is 12.1. The molecule has 102 valence electrons. The first-order valence-electron chi connectivity index (χ1n) is 4.97. The summed E-state index contributed by atoms with van der Waals surface area (Å²) in [7, 11) is 1.70. The van der Waals surface area contributed by atoms with E-state index >= 15 is 0 Å². The fourth-order valence-corrected chi connectivity index (χ4v) is 3.23. The summed E-state index contributed by atoms with van der Waals surface area (Å²) in [6.07, 6.45) is 0. The predicted octanol–water partition coefficient (Wildman–Crippen LogP) is 5.60. The maximum Gasteiger partial charge on any atom is 0.324 e. The molecular weight excluding hydrogens is 355 g/mol. The van der Waals surface area contributed by atoms with E-state index in [1.54, 1.807) is 0 Å². The van der Waals surface area contributed by atoms with Gasteiger partial charge in [0.2, 0.25) is 0 Å². The van der Waals surface area contributed by atoms with Crippen molar-refractivity contribution in [3.05, 3.63) is 25.1 Å². The van der Waals surface area contributed by atoms with Gasteiger partial charge in [0.1, 0.15) is 15.8 Å². The summed E-state index contributed by atoms with van der Waals surface area (Å²) in [6, 6.07) is 0. The molecule has 0 saturated carbocycles. The van der Waals surface area contributed by atoms with Crippen LogP contribution in [0.2, 0.25) is 38.2 Å². The molecule has 2 nitrogen and oxygen atoms in total. The Morgan fingerprint density at radius 3 is 1.44 bits per heavy atom. The van der Waals surface area contributed by atoms with Crippen LogP contribution in [0.5, 0.6) is 5.75 Å². The van der Waals surface area contributed by atoms with Crippen molar-refractivity contribution in [2.75, 3.05) is 14.1 Å². The van der Waals surface area contributed by atoms with Gasteiger partial charge in [-0.2, -0.15) is 0 Å². The Balaban J connectivity index is 3.35. The highest BCUT2D eigenvalue weighted by Gasteiger charge is 2.31. The number of hydrogen-bond donors (Lipinski definition) is 0. The Morgan fingerprint density at radius 2 is 1.11 bits per heavy atom. The first-order valence-corrected chi connectivity index (χ1v) is 9.72. The smallest absolute Gasteiger partial charge is 0.324 e. The second kappa shape index (κ2) is 5.96. The summed E-state index contributed by atoms with van der Waals surface area (Å²) in [5.41, 5.74) is 0. The molecule has 0 unspecified atom stereocenters. The van der Waals surface area contributed by atoms with Crippen LogP contribution in [0, 0.1) is 0 Å². The van der Waals surface area contributed by atoms with E-state index < -0.39 is 8.48 Å². The number of halogens is 5. The second-order valence-corrected chi connectivity index (χ2v) is 10.2. The fraction of sp³-hybridized carbons (Fsp3) is 0.400. The van der Waals surface area contributed by atoms with Crippen molar-refractivity contribution in [1.82, 2.24) is 4.57 Å². The molecule has 18 heavy (non-hydrogen) atoms. The molecule has 0 bridgehead atoms. The van der Waals surface area contributed by atoms with E-state index in [2.05, 4.69) is 0 Å². The molecule has 0 atom stereocenters. The third-order valence-corrected chi connectivity index (χ3v) is 7.70. The average molecular weight is 368 g/mol. The van der Waals surface area contributed by atoms with E-state index in [1.807, 2.05) is 31.8 Å². The molecule has 1 aromatic carbocycles. The average Bonchev–Trinajstić information content (AvgIpc) is 2.29. The van der Waals surface area contributed by atoms with E-state index in [0.29, 0.717) is 0 Å². The summed E-state index contributed by atoms with van der Waals surface area (Å²) in [4.78, 5) is 0. The Labute approximate surface area is 133 Å². The molecule has 0 aromatic heterocycles. The van der Waals surface area contributed by atoms with Gasteiger partial charge in [-0.1, -0.05) is 58.0 Å². The monoisotopic (exact) mass is 365 g/mol. The van der Waals surface area contributed by atoms with Gasteiger partial charge in [0.05, 0.1) is 15.1 Å². The Bertz CT molecular complexity index is 449. The highest BCUT2D eigenvalue weighted by atomic mass is 35.5. The zero-order valence-electron chi connectivity index (χ0n) is 10.2. The quantitative estimate of drug-likeness (QED) is 0.392. The first-order chi connectivity index (χ1) is 8.09. The molecule has 1 rings (SSSR count). The van der Waals surface area contributed by atoms with E-state index in [-0.39, 0.29) is 30.9 Å². The Morgan fingerprint density at radius 1 is 0.778 bits per heavy atom. The standard InChI is InChI=1S/C10H12Cl5NOSi/c1-16(2)18(3,4)17-10-8(14)6(12)5(11)7(13)9(10)15/h1-4H3. The van der Waals surface area contributed by atoms with Crippen molar-refractivity contribution in [3.8, 4) is 5.75 Å². The SMILES string of the molecule is CN(C)[Si](C)(C)Oc1c(Cl)c(Cl)c(Cl)c(Cl)c1Cl. The zero-order valence-corrected chi connectivity index (χ0v) is 15.0. The topological polar surface area (TPSA) is 12.5 Å². The van der Waals surface area contributed by atoms with Crippen molar-refractivity contribution in [2.45, 2.75) is 13.1 Å². The van der Waals surface area contributed by atoms with Gasteiger partial charge in [0.25, 0.3) is 0 Å². The van der Waals surface area contributed by atoms with Gasteiger partial charge >= 0.3 is 8.48 Å². The highest BCUT2D eigenvalue weighted by Crippen LogP contribution is 2.48. The van der Waals surface area contributed by atoms with Gasteiger partial charge in [-0.3, -0.25) is 4.57 Å². The lowest BCUT2D eigenvalue weighted by Gasteiger charge is -2.31. The van der Waals surface area contributed by atoms with Crippen molar-refractivity contribution in [1.29, 1.82) is 0 Å². The molecule has 1 aromatic rings. The lowest BCUT2D eigenvalue weighted by Crippen LogP contribution is -2.49. The molecule has 0 amide bonds. The molecule has 0 radical (unpaired) electrons. The molecule has 0 spiro atoms.